The molecule has 1 aromatic carbocycles. The van der Waals surface area contributed by atoms with Crippen LogP contribution in [0.1, 0.15) is 10.4 Å². The van der Waals surface area contributed by atoms with Crippen molar-refractivity contribution in [3.63, 3.8) is 0 Å². The number of anilines is 1. The Morgan fingerprint density at radius 3 is 2.95 bits per heavy atom. The first-order valence-corrected chi connectivity index (χ1v) is 7.49. The second kappa shape index (κ2) is 5.89. The van der Waals surface area contributed by atoms with Gasteiger partial charge in [-0.25, -0.2) is 0 Å². The molecule has 1 N–H and O–H groups in total. The van der Waals surface area contributed by atoms with Gasteiger partial charge in [-0.3, -0.25) is 9.78 Å². The van der Waals surface area contributed by atoms with Gasteiger partial charge in [0.05, 0.1) is 11.2 Å². The smallest absolute Gasteiger partial charge is 0.248 e. The van der Waals surface area contributed by atoms with E-state index in [0.717, 1.165) is 27.0 Å². The van der Waals surface area contributed by atoms with Crippen LogP contribution in [0.3, 0.4) is 0 Å². The molecular weight excluding hydrogens is 280 g/mol. The van der Waals surface area contributed by atoms with Crippen molar-refractivity contribution in [3.8, 4) is 0 Å². The Morgan fingerprint density at radius 2 is 2.14 bits per heavy atom. The molecule has 0 saturated heterocycles. The summed E-state index contributed by atoms with van der Waals surface area (Å²) in [6.45, 7) is 2.01. The molecule has 0 bridgehead atoms. The number of carbonyl (C=O) groups is 1. The van der Waals surface area contributed by atoms with Gasteiger partial charge in [0.15, 0.2) is 0 Å². The molecule has 4 heteroatoms. The molecule has 0 aliphatic carbocycles. The average Bonchev–Trinajstić information content (AvgIpc) is 3.00. The van der Waals surface area contributed by atoms with Gasteiger partial charge in [0, 0.05) is 22.5 Å². The van der Waals surface area contributed by atoms with E-state index in [0.29, 0.717) is 0 Å². The Hall–Kier alpha value is -2.46. The van der Waals surface area contributed by atoms with E-state index in [1.54, 1.807) is 23.6 Å². The summed E-state index contributed by atoms with van der Waals surface area (Å²) >= 11 is 1.60. The van der Waals surface area contributed by atoms with Gasteiger partial charge in [-0.2, -0.15) is 0 Å². The van der Waals surface area contributed by atoms with Crippen LogP contribution >= 0.6 is 11.3 Å². The number of thiophene rings is 1. The van der Waals surface area contributed by atoms with Gasteiger partial charge in [-0.15, -0.1) is 11.3 Å². The number of para-hydroxylation sites is 1. The lowest BCUT2D eigenvalue weighted by Gasteiger charge is -2.07. The van der Waals surface area contributed by atoms with Crippen molar-refractivity contribution in [1.29, 1.82) is 0 Å². The zero-order valence-electron chi connectivity index (χ0n) is 11.5. The van der Waals surface area contributed by atoms with Crippen LogP contribution < -0.4 is 5.32 Å². The van der Waals surface area contributed by atoms with E-state index < -0.39 is 0 Å². The van der Waals surface area contributed by atoms with Crippen molar-refractivity contribution in [3.05, 3.63) is 64.5 Å². The molecular formula is C17H14N2OS. The first-order chi connectivity index (χ1) is 10.2. The third-order valence-electron chi connectivity index (χ3n) is 3.17. The molecule has 0 aliphatic rings. The van der Waals surface area contributed by atoms with Gasteiger partial charge in [0.25, 0.3) is 0 Å². The lowest BCUT2D eigenvalue weighted by molar-refractivity contribution is -0.111. The van der Waals surface area contributed by atoms with Gasteiger partial charge < -0.3 is 5.32 Å². The van der Waals surface area contributed by atoms with Crippen LogP contribution in [0.25, 0.3) is 17.0 Å². The van der Waals surface area contributed by atoms with Crippen LogP contribution in [0, 0.1) is 6.92 Å². The number of fused-ring (bicyclic) bond motifs is 1. The van der Waals surface area contributed by atoms with Gasteiger partial charge in [-0.1, -0.05) is 24.3 Å². The number of nitrogens with zero attached hydrogens (tertiary/aromatic N) is 1. The van der Waals surface area contributed by atoms with Crippen LogP contribution in [0.5, 0.6) is 0 Å². The molecule has 0 radical (unpaired) electrons. The number of benzene rings is 1. The third kappa shape index (κ3) is 3.01. The number of hydrogen-bond donors (Lipinski definition) is 1. The highest BCUT2D eigenvalue weighted by molar-refractivity contribution is 7.10. The molecule has 2 heterocycles. The summed E-state index contributed by atoms with van der Waals surface area (Å²) < 4.78 is 0. The molecule has 0 spiro atoms. The summed E-state index contributed by atoms with van der Waals surface area (Å²) in [6, 6.07) is 11.7. The quantitative estimate of drug-likeness (QED) is 0.733. The molecule has 0 fully saturated rings. The fraction of sp³-hybridized carbons (Fsp3) is 0.0588. The number of pyridine rings is 1. The number of aryl methyl sites for hydroxylation is 1. The number of aromatic nitrogens is 1. The molecule has 104 valence electrons. The van der Waals surface area contributed by atoms with E-state index in [-0.39, 0.29) is 5.91 Å². The Labute approximate surface area is 127 Å². The summed E-state index contributed by atoms with van der Waals surface area (Å²) in [5.41, 5.74) is 2.79. The highest BCUT2D eigenvalue weighted by Crippen LogP contribution is 2.23. The van der Waals surface area contributed by atoms with Crippen molar-refractivity contribution >= 4 is 39.9 Å². The number of nitrogens with one attached hydrogen (secondary N) is 1. The summed E-state index contributed by atoms with van der Waals surface area (Å²) in [5.74, 6) is -0.141. The molecule has 3 nitrogen and oxygen atoms in total. The topological polar surface area (TPSA) is 42.0 Å². The Balaban J connectivity index is 1.85. The number of hydrogen-bond acceptors (Lipinski definition) is 3. The molecule has 21 heavy (non-hydrogen) atoms. The summed E-state index contributed by atoms with van der Waals surface area (Å²) in [4.78, 5) is 17.4. The standard InChI is InChI=1S/C17H14N2OS/c1-12-4-2-6-14-15(9-10-18-17(12)14)19-16(20)8-7-13-5-3-11-21-13/h2-11H,1H3,(H,18,19,20)/b8-7+. The minimum Gasteiger partial charge on any atom is -0.322 e. The normalized spacial score (nSPS) is 11.1. The van der Waals surface area contributed by atoms with Gasteiger partial charge in [-0.05, 0) is 36.1 Å². The molecule has 0 unspecified atom stereocenters. The molecule has 0 atom stereocenters. The number of carbonyl (C=O) groups excluding carboxylic acids is 1. The fourth-order valence-electron chi connectivity index (χ4n) is 2.15. The fourth-order valence-corrected chi connectivity index (χ4v) is 2.77. The van der Waals surface area contributed by atoms with E-state index in [2.05, 4.69) is 10.3 Å². The zero-order valence-corrected chi connectivity index (χ0v) is 12.4. The summed E-state index contributed by atoms with van der Waals surface area (Å²) in [6.07, 6.45) is 5.08. The molecule has 0 saturated carbocycles. The van der Waals surface area contributed by atoms with Gasteiger partial charge >= 0.3 is 0 Å². The zero-order chi connectivity index (χ0) is 14.7. The van der Waals surface area contributed by atoms with Crippen molar-refractivity contribution in [2.24, 2.45) is 0 Å². The maximum Gasteiger partial charge on any atom is 0.248 e. The second-order valence-electron chi connectivity index (χ2n) is 4.67. The predicted octanol–water partition coefficient (Wildman–Crippen LogP) is 4.26. The minimum atomic E-state index is -0.141. The maximum absolute atomic E-state index is 12.0. The second-order valence-corrected chi connectivity index (χ2v) is 5.65. The van der Waals surface area contributed by atoms with Crippen LogP contribution in [0.15, 0.2) is 54.1 Å². The van der Waals surface area contributed by atoms with Gasteiger partial charge in [0.2, 0.25) is 5.91 Å². The first kappa shape index (κ1) is 13.5. The molecule has 2 aromatic heterocycles. The van der Waals surface area contributed by atoms with Crippen LogP contribution in [0.2, 0.25) is 0 Å². The van der Waals surface area contributed by atoms with E-state index in [1.807, 2.05) is 54.8 Å². The van der Waals surface area contributed by atoms with Crippen molar-refractivity contribution in [1.82, 2.24) is 4.98 Å². The average molecular weight is 294 g/mol. The van der Waals surface area contributed by atoms with Crippen molar-refractivity contribution in [2.75, 3.05) is 5.32 Å². The van der Waals surface area contributed by atoms with Crippen molar-refractivity contribution < 1.29 is 4.79 Å². The molecule has 1 amide bonds. The Kier molecular flexibility index (Phi) is 3.79. The molecule has 3 aromatic rings. The Bertz CT molecular complexity index is 807. The predicted molar refractivity (Wildman–Crippen MR) is 88.5 cm³/mol. The van der Waals surface area contributed by atoms with Crippen molar-refractivity contribution in [2.45, 2.75) is 6.92 Å². The lowest BCUT2D eigenvalue weighted by atomic mass is 10.1. The van der Waals surface area contributed by atoms with E-state index in [4.69, 9.17) is 0 Å². The molecule has 3 rings (SSSR count). The maximum atomic E-state index is 12.0. The minimum absolute atomic E-state index is 0.141. The number of rotatable bonds is 3. The summed E-state index contributed by atoms with van der Waals surface area (Å²) in [7, 11) is 0. The van der Waals surface area contributed by atoms with Crippen LogP contribution in [-0.2, 0) is 4.79 Å². The SMILES string of the molecule is Cc1cccc2c(NC(=O)/C=C/c3cccs3)ccnc12. The highest BCUT2D eigenvalue weighted by Gasteiger charge is 2.05. The third-order valence-corrected chi connectivity index (χ3v) is 4.01. The van der Waals surface area contributed by atoms with Crippen LogP contribution in [-0.4, -0.2) is 10.9 Å². The first-order valence-electron chi connectivity index (χ1n) is 6.61. The van der Waals surface area contributed by atoms with Crippen LogP contribution in [0.4, 0.5) is 5.69 Å². The largest absolute Gasteiger partial charge is 0.322 e. The molecule has 0 aliphatic heterocycles. The lowest BCUT2D eigenvalue weighted by Crippen LogP contribution is -2.08. The van der Waals surface area contributed by atoms with Gasteiger partial charge in [0.1, 0.15) is 0 Å². The number of amides is 1. The summed E-state index contributed by atoms with van der Waals surface area (Å²) in [5, 5.41) is 5.85. The van der Waals surface area contributed by atoms with E-state index in [1.165, 1.54) is 0 Å². The monoisotopic (exact) mass is 294 g/mol. The Morgan fingerprint density at radius 1 is 1.24 bits per heavy atom. The highest BCUT2D eigenvalue weighted by atomic mass is 32.1. The van der Waals surface area contributed by atoms with E-state index in [9.17, 15) is 4.79 Å². The van der Waals surface area contributed by atoms with E-state index >= 15 is 0 Å².